The molecule has 5 heteroatoms. The Hall–Kier alpha value is 0.736. The Morgan fingerprint density at radius 3 is 1.94 bits per heavy atom. The van der Waals surface area contributed by atoms with E-state index in [4.69, 9.17) is 5.11 Å². The molecule has 1 heterocycles. The van der Waals surface area contributed by atoms with Crippen LogP contribution in [0.1, 0.15) is 30.7 Å². The minimum absolute atomic E-state index is 0. The van der Waals surface area contributed by atoms with Gasteiger partial charge < -0.3 is 12.5 Å². The first-order valence-electron chi connectivity index (χ1n) is 5.27. The van der Waals surface area contributed by atoms with Gasteiger partial charge in [0.15, 0.2) is 0 Å². The number of hydrogen-bond donors (Lipinski definition) is 2. The first-order chi connectivity index (χ1) is 6.93. The number of hydrogen-bond acceptors (Lipinski definition) is 3. The van der Waals surface area contributed by atoms with E-state index < -0.39 is 0 Å². The molecule has 1 saturated carbocycles. The average molecular weight is 249 g/mol. The van der Waals surface area contributed by atoms with Crippen LogP contribution in [0.5, 0.6) is 0 Å². The predicted molar refractivity (Wildman–Crippen MR) is 59.2 cm³/mol. The van der Waals surface area contributed by atoms with Gasteiger partial charge in [0.1, 0.15) is 0 Å². The van der Waals surface area contributed by atoms with Crippen LogP contribution in [-0.4, -0.2) is 27.6 Å². The molecule has 2 atom stereocenters. The standard InChI is InChI=1S/C9H13N3.CH4O.CH3.K/c1-3-8-9(11-12-10-8)4-2-7-5-6(1)7;1-2;;/h6-7H,1-5H2,(H,10,11,12);2H,1H3;1H3;/q;;-1;+1. The third-order valence-corrected chi connectivity index (χ3v) is 3.28. The molecule has 1 aromatic rings. The molecule has 2 N–H and O–H groups in total. The molecule has 2 unspecified atom stereocenters. The number of aromatic nitrogens is 3. The van der Waals surface area contributed by atoms with Crippen LogP contribution in [0.15, 0.2) is 0 Å². The van der Waals surface area contributed by atoms with Crippen molar-refractivity contribution in [2.75, 3.05) is 7.11 Å². The molecule has 3 rings (SSSR count). The van der Waals surface area contributed by atoms with E-state index in [0.29, 0.717) is 0 Å². The maximum atomic E-state index is 7.00. The third kappa shape index (κ3) is 3.89. The van der Waals surface area contributed by atoms with Crippen LogP contribution in [0.3, 0.4) is 0 Å². The van der Waals surface area contributed by atoms with Crippen LogP contribution in [0, 0.1) is 19.3 Å². The van der Waals surface area contributed by atoms with Crippen molar-refractivity contribution in [3.8, 4) is 0 Å². The van der Waals surface area contributed by atoms with E-state index in [0.717, 1.165) is 31.8 Å². The molecule has 16 heavy (non-hydrogen) atoms. The second-order valence-corrected chi connectivity index (χ2v) is 4.05. The summed E-state index contributed by atoms with van der Waals surface area (Å²) in [6.45, 7) is 0. The molecular formula is C11H20KN3O. The van der Waals surface area contributed by atoms with Crippen LogP contribution in [-0.2, 0) is 12.8 Å². The van der Waals surface area contributed by atoms with Crippen molar-refractivity contribution in [3.63, 3.8) is 0 Å². The Morgan fingerprint density at radius 2 is 1.50 bits per heavy atom. The van der Waals surface area contributed by atoms with Crippen LogP contribution < -0.4 is 51.4 Å². The number of fused-ring (bicyclic) bond motifs is 2. The van der Waals surface area contributed by atoms with E-state index in [-0.39, 0.29) is 58.8 Å². The molecule has 1 aromatic heterocycles. The number of aliphatic hydroxyl groups is 1. The Morgan fingerprint density at radius 1 is 1.06 bits per heavy atom. The van der Waals surface area contributed by atoms with Crippen molar-refractivity contribution in [3.05, 3.63) is 18.8 Å². The van der Waals surface area contributed by atoms with Gasteiger partial charge in [-0.15, -0.1) is 0 Å². The summed E-state index contributed by atoms with van der Waals surface area (Å²) in [6, 6.07) is 0. The molecule has 4 nitrogen and oxygen atoms in total. The van der Waals surface area contributed by atoms with Gasteiger partial charge >= 0.3 is 51.4 Å². The molecule has 0 bridgehead atoms. The molecule has 2 aliphatic rings. The molecule has 0 spiro atoms. The summed E-state index contributed by atoms with van der Waals surface area (Å²) in [6.07, 6.45) is 6.43. The Kier molecular flexibility index (Phi) is 8.31. The summed E-state index contributed by atoms with van der Waals surface area (Å²) < 4.78 is 0. The minimum atomic E-state index is 0. The molecule has 86 valence electrons. The number of aliphatic hydroxyl groups excluding tert-OH is 1. The number of aromatic amines is 1. The zero-order chi connectivity index (χ0) is 9.97. The van der Waals surface area contributed by atoms with E-state index in [9.17, 15) is 0 Å². The molecule has 0 aromatic carbocycles. The molecule has 1 fully saturated rings. The summed E-state index contributed by atoms with van der Waals surface area (Å²) in [5, 5.41) is 18.1. The first-order valence-corrected chi connectivity index (χ1v) is 5.27. The second-order valence-electron chi connectivity index (χ2n) is 4.05. The number of rotatable bonds is 0. The predicted octanol–water partition coefficient (Wildman–Crippen LogP) is -1.62. The third-order valence-electron chi connectivity index (χ3n) is 3.28. The molecule has 0 aliphatic heterocycles. The van der Waals surface area contributed by atoms with Gasteiger partial charge in [0.25, 0.3) is 0 Å². The number of nitrogens with zero attached hydrogens (tertiary/aromatic N) is 2. The largest absolute Gasteiger partial charge is 1.00 e. The van der Waals surface area contributed by atoms with E-state index in [1.54, 1.807) is 0 Å². The van der Waals surface area contributed by atoms with E-state index in [1.807, 2.05) is 0 Å². The van der Waals surface area contributed by atoms with Crippen molar-refractivity contribution in [2.45, 2.75) is 32.1 Å². The molecule has 0 radical (unpaired) electrons. The van der Waals surface area contributed by atoms with Gasteiger partial charge in [-0.25, -0.2) is 0 Å². The smallest absolute Gasteiger partial charge is 0.400 e. The fraction of sp³-hybridized carbons (Fsp3) is 0.727. The van der Waals surface area contributed by atoms with Gasteiger partial charge in [-0.05, 0) is 43.9 Å². The zero-order valence-electron chi connectivity index (χ0n) is 10.5. The summed E-state index contributed by atoms with van der Waals surface area (Å²) in [5.74, 6) is 2.05. The van der Waals surface area contributed by atoms with Gasteiger partial charge in [0.2, 0.25) is 0 Å². The van der Waals surface area contributed by atoms with E-state index >= 15 is 0 Å². The van der Waals surface area contributed by atoms with Gasteiger partial charge in [0, 0.05) is 7.11 Å². The summed E-state index contributed by atoms with van der Waals surface area (Å²) in [4.78, 5) is 0. The molecule has 0 amide bonds. The molecule has 2 aliphatic carbocycles. The van der Waals surface area contributed by atoms with Crippen LogP contribution in [0.2, 0.25) is 0 Å². The summed E-state index contributed by atoms with van der Waals surface area (Å²) >= 11 is 0. The van der Waals surface area contributed by atoms with E-state index in [1.165, 1.54) is 30.7 Å². The number of H-pyrrole nitrogens is 1. The maximum Gasteiger partial charge on any atom is 1.00 e. The Balaban J connectivity index is 0.000000536. The van der Waals surface area contributed by atoms with Gasteiger partial charge in [0.05, 0.1) is 11.4 Å². The van der Waals surface area contributed by atoms with Crippen LogP contribution >= 0.6 is 0 Å². The van der Waals surface area contributed by atoms with Crippen molar-refractivity contribution in [1.29, 1.82) is 0 Å². The van der Waals surface area contributed by atoms with Gasteiger partial charge in [-0.2, -0.15) is 15.4 Å². The second kappa shape index (κ2) is 7.95. The summed E-state index contributed by atoms with van der Waals surface area (Å²) in [5.41, 5.74) is 2.45. The normalized spacial score (nSPS) is 25.1. The quantitative estimate of drug-likeness (QED) is 0.429. The van der Waals surface area contributed by atoms with Crippen LogP contribution in [0.4, 0.5) is 0 Å². The molecular weight excluding hydrogens is 229 g/mol. The SMILES string of the molecule is C1CC2CC2CCc2n[nH]nc21.CO.[CH3-].[K+]. The van der Waals surface area contributed by atoms with Gasteiger partial charge in [-0.1, -0.05) is 0 Å². The average Bonchev–Trinajstić information content (AvgIpc) is 2.80. The van der Waals surface area contributed by atoms with Crippen molar-refractivity contribution in [1.82, 2.24) is 15.4 Å². The summed E-state index contributed by atoms with van der Waals surface area (Å²) in [7, 11) is 1.00. The maximum absolute atomic E-state index is 7.00. The number of aryl methyl sites for hydroxylation is 2. The fourth-order valence-electron chi connectivity index (χ4n) is 2.34. The monoisotopic (exact) mass is 249 g/mol. The van der Waals surface area contributed by atoms with Crippen LogP contribution in [0.25, 0.3) is 0 Å². The number of nitrogens with one attached hydrogen (secondary N) is 1. The zero-order valence-corrected chi connectivity index (χ0v) is 13.7. The topological polar surface area (TPSA) is 61.8 Å². The fourth-order valence-corrected chi connectivity index (χ4v) is 2.34. The molecule has 0 saturated heterocycles. The van der Waals surface area contributed by atoms with E-state index in [2.05, 4.69) is 15.4 Å². The first kappa shape index (κ1) is 16.7. The van der Waals surface area contributed by atoms with Crippen molar-refractivity contribution in [2.24, 2.45) is 11.8 Å². The minimum Gasteiger partial charge on any atom is -0.400 e. The van der Waals surface area contributed by atoms with Gasteiger partial charge in [-0.3, -0.25) is 0 Å². The van der Waals surface area contributed by atoms with Crippen molar-refractivity contribution >= 4 is 0 Å². The Bertz CT molecular complexity index is 277. The Labute approximate surface area is 140 Å². The van der Waals surface area contributed by atoms with Crippen molar-refractivity contribution < 1.29 is 56.5 Å².